The second-order valence-electron chi connectivity index (χ2n) is 6.61. The fraction of sp³-hybridized carbons (Fsp3) is 0.579. The average molecular weight is 334 g/mol. The molecule has 0 spiro atoms. The lowest BCUT2D eigenvalue weighted by molar-refractivity contribution is -0.142. The molecule has 0 saturated carbocycles. The molecule has 2 N–H and O–H groups in total. The first-order valence-electron chi connectivity index (χ1n) is 8.52. The van der Waals surface area contributed by atoms with Crippen molar-refractivity contribution in [3.8, 4) is 0 Å². The van der Waals surface area contributed by atoms with Crippen LogP contribution in [0, 0.1) is 19.8 Å². The fourth-order valence-electron chi connectivity index (χ4n) is 2.73. The van der Waals surface area contributed by atoms with Gasteiger partial charge in [-0.15, -0.1) is 0 Å². The zero-order valence-corrected chi connectivity index (χ0v) is 15.7. The number of likely N-dealkylation sites (N-methyl/N-ethyl adjacent to an activating group) is 1. The Morgan fingerprint density at radius 2 is 1.75 bits per heavy atom. The number of esters is 1. The van der Waals surface area contributed by atoms with Gasteiger partial charge >= 0.3 is 5.97 Å². The van der Waals surface area contributed by atoms with Crippen molar-refractivity contribution in [1.82, 2.24) is 5.32 Å². The van der Waals surface area contributed by atoms with Crippen molar-refractivity contribution in [2.45, 2.75) is 60.6 Å². The number of rotatable bonds is 8. The van der Waals surface area contributed by atoms with E-state index in [2.05, 4.69) is 24.5 Å². The van der Waals surface area contributed by atoms with Crippen LogP contribution in [0.5, 0.6) is 0 Å². The number of aryl methyl sites for hydroxylation is 2. The quantitative estimate of drug-likeness (QED) is 0.716. The summed E-state index contributed by atoms with van der Waals surface area (Å²) in [5.74, 6) is 0.127. The Balaban J connectivity index is 2.89. The summed E-state index contributed by atoms with van der Waals surface area (Å²) < 4.78 is 5.04. The second kappa shape index (κ2) is 9.42. The Kier molecular flexibility index (Phi) is 7.92. The zero-order valence-electron chi connectivity index (χ0n) is 15.7. The molecule has 1 atom stereocenters. The molecule has 0 heterocycles. The molecule has 0 aliphatic heterocycles. The van der Waals surface area contributed by atoms with E-state index in [1.54, 1.807) is 0 Å². The van der Waals surface area contributed by atoms with Gasteiger partial charge in [-0.1, -0.05) is 32.9 Å². The van der Waals surface area contributed by atoms with Crippen molar-refractivity contribution in [2.24, 2.45) is 5.92 Å². The van der Waals surface area contributed by atoms with Crippen LogP contribution in [-0.2, 0) is 20.9 Å². The molecule has 0 fully saturated rings. The predicted octanol–water partition coefficient (Wildman–Crippen LogP) is 3.33. The van der Waals surface area contributed by atoms with Crippen LogP contribution in [0.2, 0.25) is 0 Å². The smallest absolute Gasteiger partial charge is 0.302 e. The topological polar surface area (TPSA) is 67.4 Å². The van der Waals surface area contributed by atoms with Gasteiger partial charge in [0, 0.05) is 12.6 Å². The van der Waals surface area contributed by atoms with E-state index in [1.165, 1.54) is 6.92 Å². The monoisotopic (exact) mass is 334 g/mol. The Bertz CT molecular complexity index is 559. The van der Waals surface area contributed by atoms with Gasteiger partial charge in [0.2, 0.25) is 5.91 Å². The van der Waals surface area contributed by atoms with E-state index in [0.29, 0.717) is 5.92 Å². The third kappa shape index (κ3) is 6.32. The van der Waals surface area contributed by atoms with Crippen molar-refractivity contribution < 1.29 is 14.3 Å². The van der Waals surface area contributed by atoms with E-state index in [4.69, 9.17) is 4.74 Å². The van der Waals surface area contributed by atoms with Gasteiger partial charge in [-0.25, -0.2) is 0 Å². The minimum absolute atomic E-state index is 0.00974. The van der Waals surface area contributed by atoms with Gasteiger partial charge < -0.3 is 15.4 Å². The minimum atomic E-state index is -0.301. The number of nitrogens with one attached hydrogen (secondary N) is 2. The van der Waals surface area contributed by atoms with E-state index < -0.39 is 0 Å². The van der Waals surface area contributed by atoms with Crippen LogP contribution in [0.15, 0.2) is 12.1 Å². The first kappa shape index (κ1) is 20.2. The van der Waals surface area contributed by atoms with Crippen LogP contribution in [0.1, 0.15) is 50.8 Å². The van der Waals surface area contributed by atoms with Gasteiger partial charge in [-0.05, 0) is 49.4 Å². The number of hydrogen-bond donors (Lipinski definition) is 2. The van der Waals surface area contributed by atoms with Crippen LogP contribution in [0.3, 0.4) is 0 Å². The highest BCUT2D eigenvalue weighted by atomic mass is 16.5. The van der Waals surface area contributed by atoms with Crippen molar-refractivity contribution in [2.75, 3.05) is 11.9 Å². The molecule has 0 bridgehead atoms. The second-order valence-corrected chi connectivity index (χ2v) is 6.61. The van der Waals surface area contributed by atoms with Crippen LogP contribution in [0.25, 0.3) is 0 Å². The highest BCUT2D eigenvalue weighted by Crippen LogP contribution is 2.23. The normalized spacial score (nSPS) is 12.1. The highest BCUT2D eigenvalue weighted by Gasteiger charge is 2.20. The van der Waals surface area contributed by atoms with Crippen LogP contribution < -0.4 is 10.6 Å². The number of hydrogen-bond acceptors (Lipinski definition) is 4. The molecule has 0 aliphatic rings. The van der Waals surface area contributed by atoms with Gasteiger partial charge in [0.05, 0.1) is 6.04 Å². The number of carbonyl (C=O) groups is 2. The summed E-state index contributed by atoms with van der Waals surface area (Å²) in [5, 5.41) is 6.30. The predicted molar refractivity (Wildman–Crippen MR) is 96.9 cm³/mol. The largest absolute Gasteiger partial charge is 0.461 e. The van der Waals surface area contributed by atoms with Crippen LogP contribution in [-0.4, -0.2) is 24.5 Å². The average Bonchev–Trinajstić information content (AvgIpc) is 2.47. The van der Waals surface area contributed by atoms with E-state index in [0.717, 1.165) is 35.3 Å². The Labute approximate surface area is 145 Å². The first-order chi connectivity index (χ1) is 11.2. The SMILES string of the molecule is CCNC(CC(C)C)C(=O)Nc1c(C)cc(COC(C)=O)cc1C. The van der Waals surface area contributed by atoms with E-state index >= 15 is 0 Å². The molecule has 1 aromatic carbocycles. The van der Waals surface area contributed by atoms with Crippen LogP contribution in [0.4, 0.5) is 5.69 Å². The number of carbonyl (C=O) groups excluding carboxylic acids is 2. The van der Waals surface area contributed by atoms with Crippen molar-refractivity contribution in [3.05, 3.63) is 28.8 Å². The summed E-state index contributed by atoms with van der Waals surface area (Å²) in [4.78, 5) is 23.5. The van der Waals surface area contributed by atoms with Gasteiger partial charge in [-0.2, -0.15) is 0 Å². The summed E-state index contributed by atoms with van der Waals surface area (Å²) >= 11 is 0. The number of benzene rings is 1. The van der Waals surface area contributed by atoms with Gasteiger partial charge in [0.25, 0.3) is 0 Å². The molecule has 0 radical (unpaired) electrons. The summed E-state index contributed by atoms with van der Waals surface area (Å²) in [6, 6.07) is 3.68. The molecule has 1 unspecified atom stereocenters. The summed E-state index contributed by atoms with van der Waals surface area (Å²) in [6.45, 7) is 12.5. The van der Waals surface area contributed by atoms with E-state index in [-0.39, 0.29) is 24.5 Å². The summed E-state index contributed by atoms with van der Waals surface area (Å²) in [6.07, 6.45) is 0.794. The number of ether oxygens (including phenoxy) is 1. The van der Waals surface area contributed by atoms with Crippen molar-refractivity contribution >= 4 is 17.6 Å². The first-order valence-corrected chi connectivity index (χ1v) is 8.52. The van der Waals surface area contributed by atoms with Gasteiger partial charge in [0.1, 0.15) is 6.61 Å². The molecule has 5 nitrogen and oxygen atoms in total. The molecule has 0 saturated heterocycles. The van der Waals surface area contributed by atoms with E-state index in [1.807, 2.05) is 32.9 Å². The maximum atomic E-state index is 12.6. The maximum absolute atomic E-state index is 12.6. The molecular weight excluding hydrogens is 304 g/mol. The molecular formula is C19H30N2O3. The van der Waals surface area contributed by atoms with Gasteiger partial charge in [-0.3, -0.25) is 9.59 Å². The van der Waals surface area contributed by atoms with Crippen molar-refractivity contribution in [3.63, 3.8) is 0 Å². The molecule has 0 aliphatic carbocycles. The third-order valence-corrected chi connectivity index (χ3v) is 3.76. The number of anilines is 1. The van der Waals surface area contributed by atoms with Crippen molar-refractivity contribution in [1.29, 1.82) is 0 Å². The van der Waals surface area contributed by atoms with Gasteiger partial charge in [0.15, 0.2) is 0 Å². The third-order valence-electron chi connectivity index (χ3n) is 3.76. The maximum Gasteiger partial charge on any atom is 0.302 e. The molecule has 1 rings (SSSR count). The Morgan fingerprint density at radius 1 is 1.17 bits per heavy atom. The summed E-state index contributed by atoms with van der Waals surface area (Å²) in [5.41, 5.74) is 3.68. The highest BCUT2D eigenvalue weighted by molar-refractivity contribution is 5.96. The molecule has 1 aromatic rings. The molecule has 1 amide bonds. The molecule has 24 heavy (non-hydrogen) atoms. The van der Waals surface area contributed by atoms with Crippen LogP contribution >= 0.6 is 0 Å². The molecule has 5 heteroatoms. The minimum Gasteiger partial charge on any atom is -0.461 e. The fourth-order valence-corrected chi connectivity index (χ4v) is 2.73. The molecule has 134 valence electrons. The lowest BCUT2D eigenvalue weighted by Crippen LogP contribution is -2.41. The Hall–Kier alpha value is -1.88. The van der Waals surface area contributed by atoms with E-state index in [9.17, 15) is 9.59 Å². The lowest BCUT2D eigenvalue weighted by atomic mass is 10.0. The standard InChI is InChI=1S/C19H30N2O3/c1-7-20-17(8-12(2)3)19(23)21-18-13(4)9-16(10-14(18)5)11-24-15(6)22/h9-10,12,17,20H,7-8,11H2,1-6H3,(H,21,23). The molecule has 0 aromatic heterocycles. The Morgan fingerprint density at radius 3 is 2.21 bits per heavy atom. The zero-order chi connectivity index (χ0) is 18.3. The lowest BCUT2D eigenvalue weighted by Gasteiger charge is -2.21. The summed E-state index contributed by atoms with van der Waals surface area (Å²) in [7, 11) is 0. The number of amides is 1.